The van der Waals surface area contributed by atoms with Gasteiger partial charge in [0.1, 0.15) is 0 Å². The number of benzene rings is 1. The first-order chi connectivity index (χ1) is 6.75. The van der Waals surface area contributed by atoms with Crippen molar-refractivity contribution in [3.63, 3.8) is 0 Å². The lowest BCUT2D eigenvalue weighted by Crippen LogP contribution is -2.06. The lowest BCUT2D eigenvalue weighted by molar-refractivity contribution is 0.511. The Hall–Kier alpha value is -0.770. The molecule has 0 radical (unpaired) electrons. The Kier molecular flexibility index (Phi) is 4.73. The Balaban J connectivity index is 2.46. The predicted molar refractivity (Wildman–Crippen MR) is 57.8 cm³/mol. The van der Waals surface area contributed by atoms with E-state index < -0.39 is 11.6 Å². The Morgan fingerprint density at radius 1 is 1.36 bits per heavy atom. The molecule has 0 aromatic heterocycles. The minimum Gasteiger partial charge on any atom is -0.382 e. The highest BCUT2D eigenvalue weighted by Crippen LogP contribution is 2.16. The van der Waals surface area contributed by atoms with Crippen LogP contribution in [0, 0.1) is 11.6 Å². The predicted octanol–water partition coefficient (Wildman–Crippen LogP) is 3.13. The average Bonchev–Trinajstić information content (AvgIpc) is 2.19. The van der Waals surface area contributed by atoms with Gasteiger partial charge in [-0.3, -0.25) is 0 Å². The van der Waals surface area contributed by atoms with Crippen molar-refractivity contribution < 1.29 is 8.78 Å². The van der Waals surface area contributed by atoms with Gasteiger partial charge in [-0.25, -0.2) is 8.78 Å². The maximum absolute atomic E-state index is 13.1. The Labute approximate surface area is 86.9 Å². The molecule has 1 aromatic carbocycles. The smallest absolute Gasteiger partial charge is 0.181 e. The lowest BCUT2D eigenvalue weighted by atomic mass is 10.3. The summed E-state index contributed by atoms with van der Waals surface area (Å²) in [4.78, 5) is 0. The Morgan fingerprint density at radius 3 is 2.86 bits per heavy atom. The third-order valence-corrected chi connectivity index (χ3v) is 2.62. The van der Waals surface area contributed by atoms with Crippen molar-refractivity contribution in [2.75, 3.05) is 23.4 Å². The van der Waals surface area contributed by atoms with E-state index in [1.807, 2.05) is 0 Å². The van der Waals surface area contributed by atoms with Gasteiger partial charge in [0.2, 0.25) is 0 Å². The molecule has 0 unspecified atom stereocenters. The van der Waals surface area contributed by atoms with Crippen LogP contribution in [0.1, 0.15) is 6.92 Å². The summed E-state index contributed by atoms with van der Waals surface area (Å²) < 4.78 is 25.8. The van der Waals surface area contributed by atoms with E-state index in [1.54, 1.807) is 11.8 Å². The second-order valence-electron chi connectivity index (χ2n) is 2.73. The summed E-state index contributed by atoms with van der Waals surface area (Å²) in [6.45, 7) is 2.71. The van der Waals surface area contributed by atoms with Gasteiger partial charge in [0.25, 0.3) is 0 Å². The van der Waals surface area contributed by atoms with Crippen LogP contribution in [0.15, 0.2) is 18.2 Å². The van der Waals surface area contributed by atoms with Crippen molar-refractivity contribution in [2.45, 2.75) is 6.92 Å². The van der Waals surface area contributed by atoms with Crippen molar-refractivity contribution in [1.82, 2.24) is 0 Å². The molecular weight excluding hydrogens is 204 g/mol. The van der Waals surface area contributed by atoms with Crippen LogP contribution in [0.5, 0.6) is 0 Å². The molecule has 1 rings (SSSR count). The fraction of sp³-hybridized carbons (Fsp3) is 0.400. The van der Waals surface area contributed by atoms with Gasteiger partial charge in [0.05, 0.1) is 5.69 Å². The quantitative estimate of drug-likeness (QED) is 0.760. The van der Waals surface area contributed by atoms with Gasteiger partial charge in [0.15, 0.2) is 11.6 Å². The molecule has 78 valence electrons. The normalized spacial score (nSPS) is 10.2. The topological polar surface area (TPSA) is 12.0 Å². The van der Waals surface area contributed by atoms with E-state index in [4.69, 9.17) is 0 Å². The number of halogens is 2. The molecule has 0 bridgehead atoms. The van der Waals surface area contributed by atoms with E-state index >= 15 is 0 Å². The number of thioether (sulfide) groups is 1. The van der Waals surface area contributed by atoms with Crippen molar-refractivity contribution in [3.05, 3.63) is 29.8 Å². The maximum atomic E-state index is 13.1. The van der Waals surface area contributed by atoms with Crippen LogP contribution in [-0.4, -0.2) is 18.1 Å². The minimum absolute atomic E-state index is 0.238. The van der Waals surface area contributed by atoms with Gasteiger partial charge < -0.3 is 5.32 Å². The van der Waals surface area contributed by atoms with E-state index in [-0.39, 0.29) is 5.69 Å². The molecule has 0 heterocycles. The standard InChI is InChI=1S/C10H13F2NS/c1-2-14-7-6-13-9-5-3-4-8(11)10(9)12/h3-5,13H,2,6-7H2,1H3. The van der Waals surface area contributed by atoms with Gasteiger partial charge >= 0.3 is 0 Å². The lowest BCUT2D eigenvalue weighted by Gasteiger charge is -2.06. The number of hydrogen-bond acceptors (Lipinski definition) is 2. The third-order valence-electron chi connectivity index (χ3n) is 1.72. The van der Waals surface area contributed by atoms with Crippen LogP contribution >= 0.6 is 11.8 Å². The first-order valence-corrected chi connectivity index (χ1v) is 5.66. The highest BCUT2D eigenvalue weighted by molar-refractivity contribution is 7.99. The largest absolute Gasteiger partial charge is 0.382 e. The van der Waals surface area contributed by atoms with Crippen LogP contribution in [0.2, 0.25) is 0 Å². The molecule has 0 saturated carbocycles. The van der Waals surface area contributed by atoms with E-state index in [0.717, 1.165) is 17.6 Å². The zero-order chi connectivity index (χ0) is 10.4. The van der Waals surface area contributed by atoms with Crippen LogP contribution in [0.3, 0.4) is 0 Å². The molecule has 0 aliphatic rings. The molecule has 0 fully saturated rings. The highest BCUT2D eigenvalue weighted by Gasteiger charge is 2.05. The van der Waals surface area contributed by atoms with Gasteiger partial charge in [-0.1, -0.05) is 13.0 Å². The molecule has 0 aliphatic heterocycles. The molecule has 0 amide bonds. The maximum Gasteiger partial charge on any atom is 0.181 e. The average molecular weight is 217 g/mol. The second-order valence-corrected chi connectivity index (χ2v) is 4.12. The van der Waals surface area contributed by atoms with Gasteiger partial charge in [-0.2, -0.15) is 11.8 Å². The summed E-state index contributed by atoms with van der Waals surface area (Å²) in [5, 5.41) is 2.85. The summed E-state index contributed by atoms with van der Waals surface area (Å²) in [5.41, 5.74) is 0.238. The molecule has 1 nitrogen and oxygen atoms in total. The monoisotopic (exact) mass is 217 g/mol. The molecule has 1 aromatic rings. The first kappa shape index (κ1) is 11.3. The van der Waals surface area contributed by atoms with E-state index in [1.165, 1.54) is 12.1 Å². The molecule has 0 aliphatic carbocycles. The van der Waals surface area contributed by atoms with Crippen LogP contribution < -0.4 is 5.32 Å². The van der Waals surface area contributed by atoms with Gasteiger partial charge in [0, 0.05) is 12.3 Å². The molecule has 4 heteroatoms. The summed E-state index contributed by atoms with van der Waals surface area (Å²) in [6.07, 6.45) is 0. The van der Waals surface area contributed by atoms with Gasteiger partial charge in [-0.15, -0.1) is 0 Å². The SMILES string of the molecule is CCSCCNc1cccc(F)c1F. The molecule has 0 atom stereocenters. The Bertz CT molecular complexity index is 291. The number of anilines is 1. The van der Waals surface area contributed by atoms with Crippen molar-refractivity contribution in [1.29, 1.82) is 0 Å². The second kappa shape index (κ2) is 5.86. The number of hydrogen-bond donors (Lipinski definition) is 1. The molecule has 14 heavy (non-hydrogen) atoms. The van der Waals surface area contributed by atoms with E-state index in [2.05, 4.69) is 12.2 Å². The fourth-order valence-corrected chi connectivity index (χ4v) is 1.58. The molecule has 0 spiro atoms. The van der Waals surface area contributed by atoms with Crippen LogP contribution in [0.25, 0.3) is 0 Å². The third kappa shape index (κ3) is 3.18. The molecule has 1 N–H and O–H groups in total. The molecule has 0 saturated heterocycles. The zero-order valence-corrected chi connectivity index (χ0v) is 8.83. The molecular formula is C10H13F2NS. The number of nitrogens with one attached hydrogen (secondary N) is 1. The summed E-state index contributed by atoms with van der Waals surface area (Å²) in [7, 11) is 0. The zero-order valence-electron chi connectivity index (χ0n) is 8.02. The number of rotatable bonds is 5. The van der Waals surface area contributed by atoms with Crippen molar-refractivity contribution in [3.8, 4) is 0 Å². The van der Waals surface area contributed by atoms with Crippen LogP contribution in [0.4, 0.5) is 14.5 Å². The fourth-order valence-electron chi connectivity index (χ4n) is 1.04. The summed E-state index contributed by atoms with van der Waals surface area (Å²) in [5.74, 6) is 0.326. The van der Waals surface area contributed by atoms with Crippen molar-refractivity contribution >= 4 is 17.4 Å². The summed E-state index contributed by atoms with van der Waals surface area (Å²) >= 11 is 1.76. The highest BCUT2D eigenvalue weighted by atomic mass is 32.2. The van der Waals surface area contributed by atoms with Gasteiger partial charge in [-0.05, 0) is 17.9 Å². The Morgan fingerprint density at radius 2 is 2.14 bits per heavy atom. The summed E-state index contributed by atoms with van der Waals surface area (Å²) in [6, 6.07) is 4.14. The van der Waals surface area contributed by atoms with E-state index in [0.29, 0.717) is 6.54 Å². The first-order valence-electron chi connectivity index (χ1n) is 4.51. The van der Waals surface area contributed by atoms with Crippen LogP contribution in [-0.2, 0) is 0 Å². The minimum atomic E-state index is -0.807. The van der Waals surface area contributed by atoms with Crippen molar-refractivity contribution in [2.24, 2.45) is 0 Å². The van der Waals surface area contributed by atoms with E-state index in [9.17, 15) is 8.78 Å².